The van der Waals surface area contributed by atoms with Crippen LogP contribution in [0, 0.1) is 5.82 Å². The fourth-order valence-electron chi connectivity index (χ4n) is 1.54. The van der Waals surface area contributed by atoms with Crippen molar-refractivity contribution in [2.45, 2.75) is 0 Å². The zero-order valence-corrected chi connectivity index (χ0v) is 9.64. The summed E-state index contributed by atoms with van der Waals surface area (Å²) in [7, 11) is 0. The summed E-state index contributed by atoms with van der Waals surface area (Å²) in [5, 5.41) is 0. The number of halogens is 1. The van der Waals surface area contributed by atoms with Gasteiger partial charge in [0.1, 0.15) is 5.82 Å². The molecule has 0 aliphatic carbocycles. The molecule has 0 aliphatic rings. The van der Waals surface area contributed by atoms with Crippen molar-refractivity contribution in [3.63, 3.8) is 0 Å². The molecule has 0 spiro atoms. The van der Waals surface area contributed by atoms with E-state index < -0.39 is 0 Å². The van der Waals surface area contributed by atoms with Crippen molar-refractivity contribution in [3.8, 4) is 0 Å². The first-order valence-corrected chi connectivity index (χ1v) is 5.49. The average Bonchev–Trinajstić information content (AvgIpc) is 2.37. The number of anilines is 1. The average molecular weight is 241 g/mol. The Labute approximate surface area is 105 Å². The molecule has 0 atom stereocenters. The third-order valence-electron chi connectivity index (χ3n) is 2.47. The first-order chi connectivity index (χ1) is 8.65. The predicted molar refractivity (Wildman–Crippen MR) is 70.6 cm³/mol. The fourth-order valence-corrected chi connectivity index (χ4v) is 1.54. The third-order valence-corrected chi connectivity index (χ3v) is 2.47. The highest BCUT2D eigenvalue weighted by atomic mass is 19.1. The van der Waals surface area contributed by atoms with Crippen molar-refractivity contribution in [2.24, 2.45) is 0 Å². The summed E-state index contributed by atoms with van der Waals surface area (Å²) in [5.41, 5.74) is 7.58. The van der Waals surface area contributed by atoms with Crippen molar-refractivity contribution in [1.29, 1.82) is 0 Å². The van der Waals surface area contributed by atoms with E-state index in [4.69, 9.17) is 5.73 Å². The number of nitrogen functional groups attached to an aromatic ring is 1. The van der Waals surface area contributed by atoms with Gasteiger partial charge in [0, 0.05) is 11.3 Å². The predicted octanol–water partition coefficient (Wildman–Crippen LogP) is 3.30. The molecule has 2 aromatic rings. The molecule has 0 bridgehead atoms. The molecular weight excluding hydrogens is 229 g/mol. The van der Waals surface area contributed by atoms with Crippen molar-refractivity contribution < 1.29 is 9.18 Å². The molecular formula is C15H12FNO. The molecule has 0 unspecified atom stereocenters. The SMILES string of the molecule is Nc1cccc(/C=C/C(=O)c2ccc(F)cc2)c1. The number of benzene rings is 2. The van der Waals surface area contributed by atoms with Crippen LogP contribution in [0.25, 0.3) is 6.08 Å². The fraction of sp³-hybridized carbons (Fsp3) is 0. The number of ketones is 1. The zero-order valence-electron chi connectivity index (χ0n) is 9.64. The Morgan fingerprint density at radius 1 is 1.11 bits per heavy atom. The van der Waals surface area contributed by atoms with Gasteiger partial charge in [0.15, 0.2) is 5.78 Å². The first-order valence-electron chi connectivity index (χ1n) is 5.49. The Hall–Kier alpha value is -2.42. The molecule has 2 rings (SSSR count). The van der Waals surface area contributed by atoms with Gasteiger partial charge in [-0.25, -0.2) is 4.39 Å². The van der Waals surface area contributed by atoms with E-state index in [0.29, 0.717) is 11.3 Å². The van der Waals surface area contributed by atoms with E-state index >= 15 is 0 Å². The van der Waals surface area contributed by atoms with Crippen LogP contribution in [0.15, 0.2) is 54.6 Å². The highest BCUT2D eigenvalue weighted by molar-refractivity contribution is 6.06. The van der Waals surface area contributed by atoms with Gasteiger partial charge in [0.2, 0.25) is 0 Å². The summed E-state index contributed by atoms with van der Waals surface area (Å²) < 4.78 is 12.7. The Bertz CT molecular complexity index is 588. The molecule has 18 heavy (non-hydrogen) atoms. The van der Waals surface area contributed by atoms with Crippen LogP contribution in [-0.4, -0.2) is 5.78 Å². The molecule has 2 N–H and O–H groups in total. The monoisotopic (exact) mass is 241 g/mol. The molecule has 0 saturated carbocycles. The van der Waals surface area contributed by atoms with Gasteiger partial charge in [-0.1, -0.05) is 18.2 Å². The van der Waals surface area contributed by atoms with E-state index in [0.717, 1.165) is 5.56 Å². The van der Waals surface area contributed by atoms with E-state index in [-0.39, 0.29) is 11.6 Å². The molecule has 0 fully saturated rings. The third kappa shape index (κ3) is 3.04. The summed E-state index contributed by atoms with van der Waals surface area (Å²) in [6, 6.07) is 12.7. The molecule has 90 valence electrons. The Balaban J connectivity index is 2.14. The Kier molecular flexibility index (Phi) is 3.53. The normalized spacial score (nSPS) is 10.7. The van der Waals surface area contributed by atoms with Gasteiger partial charge < -0.3 is 5.73 Å². The molecule has 0 aliphatic heterocycles. The van der Waals surface area contributed by atoms with Crippen LogP contribution in [0.5, 0.6) is 0 Å². The van der Waals surface area contributed by atoms with Crippen LogP contribution in [0.3, 0.4) is 0 Å². The number of hydrogen-bond donors (Lipinski definition) is 1. The zero-order chi connectivity index (χ0) is 13.0. The van der Waals surface area contributed by atoms with Crippen LogP contribution in [0.2, 0.25) is 0 Å². The molecule has 3 heteroatoms. The maximum absolute atomic E-state index is 12.7. The largest absolute Gasteiger partial charge is 0.399 e. The van der Waals surface area contributed by atoms with E-state index in [1.807, 2.05) is 12.1 Å². The molecule has 0 radical (unpaired) electrons. The van der Waals surface area contributed by atoms with Crippen molar-refractivity contribution >= 4 is 17.5 Å². The van der Waals surface area contributed by atoms with Gasteiger partial charge in [-0.15, -0.1) is 0 Å². The summed E-state index contributed by atoms with van der Waals surface area (Å²) in [4.78, 5) is 11.8. The molecule has 0 aromatic heterocycles. The van der Waals surface area contributed by atoms with Gasteiger partial charge >= 0.3 is 0 Å². The van der Waals surface area contributed by atoms with E-state index in [2.05, 4.69) is 0 Å². The highest BCUT2D eigenvalue weighted by Crippen LogP contribution is 2.10. The number of carbonyl (C=O) groups excluding carboxylic acids is 1. The number of carbonyl (C=O) groups is 1. The van der Waals surface area contributed by atoms with E-state index in [9.17, 15) is 9.18 Å². The van der Waals surface area contributed by atoms with Gasteiger partial charge in [-0.2, -0.15) is 0 Å². The lowest BCUT2D eigenvalue weighted by atomic mass is 10.1. The Morgan fingerprint density at radius 3 is 2.50 bits per heavy atom. The van der Waals surface area contributed by atoms with Gasteiger partial charge in [-0.05, 0) is 48.0 Å². The number of nitrogens with two attached hydrogens (primary N) is 1. The van der Waals surface area contributed by atoms with E-state index in [1.165, 1.54) is 30.3 Å². The second-order valence-corrected chi connectivity index (χ2v) is 3.87. The lowest BCUT2D eigenvalue weighted by Crippen LogP contribution is -1.93. The number of allylic oxidation sites excluding steroid dienone is 1. The van der Waals surface area contributed by atoms with Crippen molar-refractivity contribution in [2.75, 3.05) is 5.73 Å². The van der Waals surface area contributed by atoms with Gasteiger partial charge in [-0.3, -0.25) is 4.79 Å². The second kappa shape index (κ2) is 5.27. The summed E-state index contributed by atoms with van der Waals surface area (Å²) >= 11 is 0. The molecule has 0 amide bonds. The lowest BCUT2D eigenvalue weighted by molar-refractivity contribution is 0.104. The Morgan fingerprint density at radius 2 is 1.83 bits per heavy atom. The number of rotatable bonds is 3. The quantitative estimate of drug-likeness (QED) is 0.509. The molecule has 0 heterocycles. The topological polar surface area (TPSA) is 43.1 Å². The maximum atomic E-state index is 12.7. The summed E-state index contributed by atoms with van der Waals surface area (Å²) in [6.07, 6.45) is 3.13. The second-order valence-electron chi connectivity index (χ2n) is 3.87. The maximum Gasteiger partial charge on any atom is 0.185 e. The molecule has 0 saturated heterocycles. The minimum absolute atomic E-state index is 0.169. The first kappa shape index (κ1) is 12.0. The van der Waals surface area contributed by atoms with Gasteiger partial charge in [0.05, 0.1) is 0 Å². The number of hydrogen-bond acceptors (Lipinski definition) is 2. The summed E-state index contributed by atoms with van der Waals surface area (Å²) in [6.45, 7) is 0. The van der Waals surface area contributed by atoms with Crippen LogP contribution in [0.4, 0.5) is 10.1 Å². The summed E-state index contributed by atoms with van der Waals surface area (Å²) in [5.74, 6) is -0.524. The minimum atomic E-state index is -0.355. The van der Waals surface area contributed by atoms with Crippen LogP contribution >= 0.6 is 0 Å². The van der Waals surface area contributed by atoms with E-state index in [1.54, 1.807) is 18.2 Å². The van der Waals surface area contributed by atoms with Gasteiger partial charge in [0.25, 0.3) is 0 Å². The van der Waals surface area contributed by atoms with Crippen LogP contribution < -0.4 is 5.73 Å². The molecule has 2 nitrogen and oxygen atoms in total. The lowest BCUT2D eigenvalue weighted by Gasteiger charge is -1.97. The van der Waals surface area contributed by atoms with Crippen LogP contribution in [0.1, 0.15) is 15.9 Å². The van der Waals surface area contributed by atoms with Crippen molar-refractivity contribution in [1.82, 2.24) is 0 Å². The van der Waals surface area contributed by atoms with Crippen LogP contribution in [-0.2, 0) is 0 Å². The molecule has 2 aromatic carbocycles. The smallest absolute Gasteiger partial charge is 0.185 e. The standard InChI is InChI=1S/C15H12FNO/c16-13-7-5-12(6-8-13)15(18)9-4-11-2-1-3-14(17)10-11/h1-10H,17H2/b9-4+. The van der Waals surface area contributed by atoms with Crippen molar-refractivity contribution in [3.05, 3.63) is 71.6 Å². The minimum Gasteiger partial charge on any atom is -0.399 e. The highest BCUT2D eigenvalue weighted by Gasteiger charge is 2.01.